The zero-order valence-corrected chi connectivity index (χ0v) is 17.9. The monoisotopic (exact) mass is 407 g/mol. The molecule has 0 amide bonds. The minimum Gasteiger partial charge on any atom is -0.397 e. The van der Waals surface area contributed by atoms with E-state index in [0.717, 1.165) is 49.3 Å². The zero-order chi connectivity index (χ0) is 21.1. The van der Waals surface area contributed by atoms with E-state index in [1.165, 1.54) is 19.3 Å². The number of ketones is 1. The lowest BCUT2D eigenvalue weighted by molar-refractivity contribution is 0.0988. The highest BCUT2D eigenvalue weighted by atomic mass is 16.1. The van der Waals surface area contributed by atoms with Crippen LogP contribution in [-0.4, -0.2) is 34.9 Å². The standard InChI is InChI=1S/C24H33N5O/c1-16-11-19(25)15-29(14-16)22-9-10-27-13-18(22)12-23(30)24-20(26)7-8-21(28-24)17-5-3-2-4-6-17/h7-10,13,16-17,19H,2-6,11-12,14-15,25-26H2,1H3. The Balaban J connectivity index is 1.56. The quantitative estimate of drug-likeness (QED) is 0.733. The molecule has 1 aliphatic heterocycles. The van der Waals surface area contributed by atoms with E-state index in [9.17, 15) is 4.79 Å². The van der Waals surface area contributed by atoms with E-state index >= 15 is 0 Å². The average Bonchev–Trinajstić information content (AvgIpc) is 2.74. The molecule has 2 unspecified atom stereocenters. The van der Waals surface area contributed by atoms with Crippen LogP contribution in [0.1, 0.15) is 73.1 Å². The lowest BCUT2D eigenvalue weighted by Gasteiger charge is -2.37. The fourth-order valence-electron chi connectivity index (χ4n) is 5.05. The zero-order valence-electron chi connectivity index (χ0n) is 17.9. The third-order valence-electron chi connectivity index (χ3n) is 6.50. The van der Waals surface area contributed by atoms with Crippen molar-refractivity contribution < 1.29 is 4.79 Å². The van der Waals surface area contributed by atoms with E-state index in [1.807, 2.05) is 18.2 Å². The van der Waals surface area contributed by atoms with Crippen LogP contribution in [0.15, 0.2) is 30.6 Å². The van der Waals surface area contributed by atoms with Gasteiger partial charge in [-0.25, -0.2) is 4.98 Å². The van der Waals surface area contributed by atoms with Crippen LogP contribution in [0.2, 0.25) is 0 Å². The summed E-state index contributed by atoms with van der Waals surface area (Å²) >= 11 is 0. The van der Waals surface area contributed by atoms with Crippen LogP contribution in [0.4, 0.5) is 11.4 Å². The van der Waals surface area contributed by atoms with Crippen molar-refractivity contribution in [1.29, 1.82) is 0 Å². The van der Waals surface area contributed by atoms with Gasteiger partial charge in [-0.15, -0.1) is 0 Å². The first-order valence-corrected chi connectivity index (χ1v) is 11.2. The molecule has 30 heavy (non-hydrogen) atoms. The molecule has 0 spiro atoms. The number of Topliss-reactive ketones (excluding diaryl/α,β-unsaturated/α-hetero) is 1. The van der Waals surface area contributed by atoms with Crippen LogP contribution in [-0.2, 0) is 6.42 Å². The summed E-state index contributed by atoms with van der Waals surface area (Å²) in [5.74, 6) is 0.917. The van der Waals surface area contributed by atoms with Gasteiger partial charge in [0.15, 0.2) is 5.78 Å². The molecular formula is C24H33N5O. The number of nitrogen functional groups attached to an aromatic ring is 1. The van der Waals surface area contributed by atoms with Crippen LogP contribution in [0.5, 0.6) is 0 Å². The minimum atomic E-state index is -0.0474. The van der Waals surface area contributed by atoms with Gasteiger partial charge in [-0.2, -0.15) is 0 Å². The molecule has 0 bridgehead atoms. The number of rotatable bonds is 5. The van der Waals surface area contributed by atoms with Gasteiger partial charge in [-0.05, 0) is 43.4 Å². The Morgan fingerprint density at radius 3 is 2.73 bits per heavy atom. The van der Waals surface area contributed by atoms with Crippen LogP contribution < -0.4 is 16.4 Å². The van der Waals surface area contributed by atoms with Gasteiger partial charge >= 0.3 is 0 Å². The number of carbonyl (C=O) groups excluding carboxylic acids is 1. The van der Waals surface area contributed by atoms with Gasteiger partial charge in [0.05, 0.1) is 5.69 Å². The Morgan fingerprint density at radius 2 is 1.97 bits per heavy atom. The maximum absolute atomic E-state index is 13.2. The van der Waals surface area contributed by atoms with Gasteiger partial charge < -0.3 is 16.4 Å². The summed E-state index contributed by atoms with van der Waals surface area (Å²) in [5.41, 5.74) is 16.2. The molecule has 3 heterocycles. The molecule has 1 saturated carbocycles. The van der Waals surface area contributed by atoms with Crippen LogP contribution >= 0.6 is 0 Å². The van der Waals surface area contributed by atoms with Crippen molar-refractivity contribution in [3.63, 3.8) is 0 Å². The van der Waals surface area contributed by atoms with Crippen molar-refractivity contribution in [2.45, 2.75) is 63.8 Å². The number of nitrogens with two attached hydrogens (primary N) is 2. The second kappa shape index (κ2) is 9.13. The molecule has 2 fully saturated rings. The fraction of sp³-hybridized carbons (Fsp3) is 0.542. The van der Waals surface area contributed by atoms with Crippen molar-refractivity contribution in [2.75, 3.05) is 23.7 Å². The molecule has 2 aliphatic rings. The predicted octanol–water partition coefficient (Wildman–Crippen LogP) is 3.71. The molecule has 4 N–H and O–H groups in total. The second-order valence-electron chi connectivity index (χ2n) is 9.12. The number of pyridine rings is 2. The van der Waals surface area contributed by atoms with Crippen molar-refractivity contribution >= 4 is 17.2 Å². The molecule has 2 aromatic heterocycles. The normalized spacial score (nSPS) is 22.8. The third-order valence-corrected chi connectivity index (χ3v) is 6.50. The first kappa shape index (κ1) is 20.8. The van der Waals surface area contributed by atoms with Crippen LogP contribution in [0.25, 0.3) is 0 Å². The van der Waals surface area contributed by atoms with E-state index in [-0.39, 0.29) is 18.2 Å². The molecule has 1 saturated heterocycles. The van der Waals surface area contributed by atoms with Gasteiger partial charge in [0.1, 0.15) is 5.69 Å². The van der Waals surface area contributed by atoms with E-state index in [2.05, 4.69) is 16.8 Å². The molecule has 4 rings (SSSR count). The highest BCUT2D eigenvalue weighted by molar-refractivity contribution is 6.00. The van der Waals surface area contributed by atoms with E-state index < -0.39 is 0 Å². The molecule has 6 heteroatoms. The summed E-state index contributed by atoms with van der Waals surface area (Å²) in [5, 5.41) is 0. The molecule has 6 nitrogen and oxygen atoms in total. The number of carbonyl (C=O) groups is 1. The van der Waals surface area contributed by atoms with Gasteiger partial charge in [0.2, 0.25) is 0 Å². The van der Waals surface area contributed by atoms with E-state index in [4.69, 9.17) is 16.5 Å². The van der Waals surface area contributed by atoms with Crippen molar-refractivity contribution in [3.05, 3.63) is 47.5 Å². The molecule has 2 atom stereocenters. The van der Waals surface area contributed by atoms with Crippen molar-refractivity contribution in [2.24, 2.45) is 11.7 Å². The fourth-order valence-corrected chi connectivity index (χ4v) is 5.05. The minimum absolute atomic E-state index is 0.0474. The summed E-state index contributed by atoms with van der Waals surface area (Å²) in [4.78, 5) is 24.5. The first-order valence-electron chi connectivity index (χ1n) is 11.2. The topological polar surface area (TPSA) is 98.1 Å². The SMILES string of the molecule is CC1CC(N)CN(c2ccncc2CC(=O)c2nc(C3CCCCC3)ccc2N)C1. The number of piperidine rings is 1. The number of anilines is 2. The van der Waals surface area contributed by atoms with Crippen molar-refractivity contribution in [1.82, 2.24) is 9.97 Å². The summed E-state index contributed by atoms with van der Waals surface area (Å²) in [6.45, 7) is 3.96. The third kappa shape index (κ3) is 4.64. The molecule has 0 radical (unpaired) electrons. The Morgan fingerprint density at radius 1 is 1.17 bits per heavy atom. The number of nitrogens with zero attached hydrogens (tertiary/aromatic N) is 3. The predicted molar refractivity (Wildman–Crippen MR) is 121 cm³/mol. The maximum atomic E-state index is 13.2. The average molecular weight is 408 g/mol. The molecule has 0 aromatic carbocycles. The van der Waals surface area contributed by atoms with Crippen molar-refractivity contribution in [3.8, 4) is 0 Å². The van der Waals surface area contributed by atoms with E-state index in [1.54, 1.807) is 12.4 Å². The van der Waals surface area contributed by atoms with Gasteiger partial charge in [0.25, 0.3) is 0 Å². The summed E-state index contributed by atoms with van der Waals surface area (Å²) in [6.07, 6.45) is 10.9. The highest BCUT2D eigenvalue weighted by Crippen LogP contribution is 2.33. The Kier molecular flexibility index (Phi) is 6.32. The molecule has 2 aromatic rings. The first-order chi connectivity index (χ1) is 14.5. The molecular weight excluding hydrogens is 374 g/mol. The largest absolute Gasteiger partial charge is 0.397 e. The summed E-state index contributed by atoms with van der Waals surface area (Å²) in [6, 6.07) is 5.98. The molecule has 160 valence electrons. The smallest absolute Gasteiger partial charge is 0.187 e. The summed E-state index contributed by atoms with van der Waals surface area (Å²) in [7, 11) is 0. The highest BCUT2D eigenvalue weighted by Gasteiger charge is 2.25. The lowest BCUT2D eigenvalue weighted by Crippen LogP contribution is -2.46. The van der Waals surface area contributed by atoms with Gasteiger partial charge in [-0.3, -0.25) is 9.78 Å². The van der Waals surface area contributed by atoms with Crippen LogP contribution in [0.3, 0.4) is 0 Å². The molecule has 1 aliphatic carbocycles. The Labute approximate surface area is 179 Å². The van der Waals surface area contributed by atoms with Crippen LogP contribution in [0, 0.1) is 5.92 Å². The Bertz CT molecular complexity index is 883. The maximum Gasteiger partial charge on any atom is 0.187 e. The number of hydrogen-bond donors (Lipinski definition) is 2. The number of aromatic nitrogens is 2. The number of hydrogen-bond acceptors (Lipinski definition) is 6. The lowest BCUT2D eigenvalue weighted by atomic mass is 9.86. The van der Waals surface area contributed by atoms with Gasteiger partial charge in [0, 0.05) is 60.8 Å². The van der Waals surface area contributed by atoms with E-state index in [0.29, 0.717) is 23.2 Å². The second-order valence-corrected chi connectivity index (χ2v) is 9.12. The summed E-state index contributed by atoms with van der Waals surface area (Å²) < 4.78 is 0. The Hall–Kier alpha value is -2.47. The van der Waals surface area contributed by atoms with Gasteiger partial charge in [-0.1, -0.05) is 26.2 Å².